The van der Waals surface area contributed by atoms with Crippen LogP contribution in [0.15, 0.2) is 72.8 Å². The smallest absolute Gasteiger partial charge is 0.256 e. The molecule has 0 aliphatic carbocycles. The molecule has 3 aromatic rings. The van der Waals surface area contributed by atoms with Crippen LogP contribution in [0.3, 0.4) is 0 Å². The van der Waals surface area contributed by atoms with Crippen LogP contribution < -0.4 is 19.7 Å². The summed E-state index contributed by atoms with van der Waals surface area (Å²) in [6.45, 7) is 4.88. The second-order valence-electron chi connectivity index (χ2n) is 8.33. The first-order valence-corrected chi connectivity index (χ1v) is 12.5. The lowest BCUT2D eigenvalue weighted by molar-refractivity contribution is -0.124. The maximum Gasteiger partial charge on any atom is 0.256 e. The number of halogens is 1. The van der Waals surface area contributed by atoms with Crippen LogP contribution in [0.4, 0.5) is 15.8 Å². The zero-order valence-electron chi connectivity index (χ0n) is 20.6. The Morgan fingerprint density at radius 3 is 2.14 bits per heavy atom. The lowest BCUT2D eigenvalue weighted by Gasteiger charge is -2.24. The summed E-state index contributed by atoms with van der Waals surface area (Å²) in [5.41, 5.74) is 1.50. The summed E-state index contributed by atoms with van der Waals surface area (Å²) in [6.07, 6.45) is -0.159. The summed E-state index contributed by atoms with van der Waals surface area (Å²) in [5.74, 6) is 0.233. The van der Waals surface area contributed by atoms with Crippen LogP contribution >= 0.6 is 12.2 Å². The van der Waals surface area contributed by atoms with E-state index in [4.69, 9.17) is 21.7 Å². The molecule has 0 aromatic heterocycles. The molecule has 1 aliphatic heterocycles. The molecule has 1 atom stereocenters. The molecule has 0 bridgehead atoms. The van der Waals surface area contributed by atoms with Gasteiger partial charge >= 0.3 is 0 Å². The van der Waals surface area contributed by atoms with Gasteiger partial charge in [-0.05, 0) is 80.7 Å². The van der Waals surface area contributed by atoms with Crippen LogP contribution in [0.1, 0.15) is 25.8 Å². The monoisotopic (exact) mass is 521 g/mol. The fourth-order valence-corrected chi connectivity index (χ4v) is 4.50. The van der Waals surface area contributed by atoms with E-state index in [-0.39, 0.29) is 29.9 Å². The van der Waals surface area contributed by atoms with Crippen molar-refractivity contribution >= 4 is 40.5 Å². The average Bonchev–Trinajstić information content (AvgIpc) is 3.11. The van der Waals surface area contributed by atoms with E-state index in [9.17, 15) is 14.0 Å². The molecule has 1 saturated heterocycles. The Kier molecular flexibility index (Phi) is 8.35. The van der Waals surface area contributed by atoms with Gasteiger partial charge in [-0.1, -0.05) is 18.2 Å². The Balaban J connectivity index is 1.57. The Morgan fingerprint density at radius 1 is 0.946 bits per heavy atom. The number of ether oxygens (including phenoxy) is 2. The molecular formula is C28H28FN3O4S. The molecular weight excluding hydrogens is 493 g/mol. The van der Waals surface area contributed by atoms with Crippen molar-refractivity contribution in [3.63, 3.8) is 0 Å². The van der Waals surface area contributed by atoms with E-state index >= 15 is 0 Å². The molecule has 4 rings (SSSR count). The van der Waals surface area contributed by atoms with Crippen molar-refractivity contribution in [1.82, 2.24) is 4.90 Å². The minimum atomic E-state index is -0.902. The third-order valence-corrected chi connectivity index (χ3v) is 6.27. The standard InChI is InChI=1S/C28H28FN3O4S/c1-3-35-22-13-9-20(10-14-22)30-26(33)17-25-27(34)32(21-11-15-23(16-12-21)36-4-2)28(37)31(25)18-19-7-5-6-8-24(19)29/h5-16,25H,3-4,17-18H2,1-2H3,(H,30,33). The van der Waals surface area contributed by atoms with Crippen LogP contribution in [0.25, 0.3) is 0 Å². The van der Waals surface area contributed by atoms with Gasteiger partial charge in [0.2, 0.25) is 5.91 Å². The van der Waals surface area contributed by atoms with Crippen molar-refractivity contribution in [2.24, 2.45) is 0 Å². The normalized spacial score (nSPS) is 15.2. The highest BCUT2D eigenvalue weighted by Crippen LogP contribution is 2.30. The summed E-state index contributed by atoms with van der Waals surface area (Å²) < 4.78 is 25.4. The molecule has 7 nitrogen and oxygen atoms in total. The highest BCUT2D eigenvalue weighted by atomic mass is 32.1. The van der Waals surface area contributed by atoms with E-state index < -0.39 is 11.9 Å². The lowest BCUT2D eigenvalue weighted by Crippen LogP contribution is -2.37. The first kappa shape index (κ1) is 26.1. The van der Waals surface area contributed by atoms with E-state index in [2.05, 4.69) is 5.32 Å². The molecule has 0 radical (unpaired) electrons. The number of rotatable bonds is 10. The van der Waals surface area contributed by atoms with Gasteiger partial charge < -0.3 is 19.7 Å². The summed E-state index contributed by atoms with van der Waals surface area (Å²) in [7, 11) is 0. The predicted octanol–water partition coefficient (Wildman–Crippen LogP) is 5.15. The number of nitrogens with one attached hydrogen (secondary N) is 1. The fourth-order valence-electron chi connectivity index (χ4n) is 4.11. The first-order chi connectivity index (χ1) is 17.9. The van der Waals surface area contributed by atoms with Crippen molar-refractivity contribution in [3.8, 4) is 11.5 Å². The Labute approximate surface area is 220 Å². The molecule has 1 heterocycles. The van der Waals surface area contributed by atoms with Gasteiger partial charge in [0.05, 0.1) is 25.3 Å². The Hall–Kier alpha value is -3.98. The molecule has 0 spiro atoms. The molecule has 0 saturated carbocycles. The predicted molar refractivity (Wildman–Crippen MR) is 144 cm³/mol. The molecule has 37 heavy (non-hydrogen) atoms. The zero-order valence-corrected chi connectivity index (χ0v) is 21.5. The molecule has 1 unspecified atom stereocenters. The van der Waals surface area contributed by atoms with E-state index in [0.717, 1.165) is 0 Å². The summed E-state index contributed by atoms with van der Waals surface area (Å²) in [4.78, 5) is 29.6. The van der Waals surface area contributed by atoms with Gasteiger partial charge in [-0.25, -0.2) is 4.39 Å². The fraction of sp³-hybridized carbons (Fsp3) is 0.250. The lowest BCUT2D eigenvalue weighted by atomic mass is 10.1. The number of amides is 2. The number of carbonyl (C=O) groups excluding carboxylic acids is 2. The summed E-state index contributed by atoms with van der Waals surface area (Å²) in [6, 6.07) is 19.4. The molecule has 1 aliphatic rings. The van der Waals surface area contributed by atoms with Crippen molar-refractivity contribution in [2.45, 2.75) is 32.9 Å². The second kappa shape index (κ2) is 11.8. The molecule has 192 valence electrons. The van der Waals surface area contributed by atoms with Crippen molar-refractivity contribution in [2.75, 3.05) is 23.4 Å². The van der Waals surface area contributed by atoms with Crippen molar-refractivity contribution in [3.05, 3.63) is 84.2 Å². The third-order valence-electron chi connectivity index (χ3n) is 5.85. The van der Waals surface area contributed by atoms with Gasteiger partial charge in [0.15, 0.2) is 5.11 Å². The van der Waals surface area contributed by atoms with Gasteiger partial charge in [0, 0.05) is 17.8 Å². The van der Waals surface area contributed by atoms with Gasteiger partial charge in [-0.15, -0.1) is 0 Å². The Bertz CT molecular complexity index is 1270. The largest absolute Gasteiger partial charge is 0.494 e. The van der Waals surface area contributed by atoms with Gasteiger partial charge in [0.25, 0.3) is 5.91 Å². The molecule has 1 N–H and O–H groups in total. The zero-order chi connectivity index (χ0) is 26.4. The summed E-state index contributed by atoms with van der Waals surface area (Å²) >= 11 is 5.68. The van der Waals surface area contributed by atoms with E-state index in [1.165, 1.54) is 11.0 Å². The molecule has 3 aromatic carbocycles. The van der Waals surface area contributed by atoms with Crippen LogP contribution in [0.5, 0.6) is 11.5 Å². The van der Waals surface area contributed by atoms with E-state index in [1.54, 1.807) is 71.6 Å². The van der Waals surface area contributed by atoms with Crippen molar-refractivity contribution < 1.29 is 23.5 Å². The summed E-state index contributed by atoms with van der Waals surface area (Å²) in [5, 5.41) is 3.02. The second-order valence-corrected chi connectivity index (χ2v) is 8.69. The van der Waals surface area contributed by atoms with Gasteiger partial charge in [-0.2, -0.15) is 0 Å². The third kappa shape index (κ3) is 6.06. The first-order valence-electron chi connectivity index (χ1n) is 12.0. The SMILES string of the molecule is CCOc1ccc(NC(=O)CC2C(=O)N(c3ccc(OCC)cc3)C(=S)N2Cc2ccccc2F)cc1. The molecule has 1 fully saturated rings. The van der Waals surface area contributed by atoms with Gasteiger partial charge in [-0.3, -0.25) is 14.5 Å². The number of thiocarbonyl (C=S) groups is 1. The number of anilines is 2. The van der Waals surface area contributed by atoms with Crippen LogP contribution in [0.2, 0.25) is 0 Å². The molecule has 9 heteroatoms. The highest BCUT2D eigenvalue weighted by Gasteiger charge is 2.44. The minimum Gasteiger partial charge on any atom is -0.494 e. The van der Waals surface area contributed by atoms with E-state index in [1.807, 2.05) is 13.8 Å². The number of hydrogen-bond acceptors (Lipinski definition) is 5. The maximum absolute atomic E-state index is 14.5. The van der Waals surface area contributed by atoms with Gasteiger partial charge in [0.1, 0.15) is 23.4 Å². The molecule has 2 amide bonds. The number of hydrogen-bond donors (Lipinski definition) is 1. The van der Waals surface area contributed by atoms with E-state index in [0.29, 0.717) is 41.7 Å². The topological polar surface area (TPSA) is 71.1 Å². The van der Waals surface area contributed by atoms with Crippen molar-refractivity contribution in [1.29, 1.82) is 0 Å². The average molecular weight is 522 g/mol. The van der Waals surface area contributed by atoms with Crippen LogP contribution in [0, 0.1) is 5.82 Å². The number of nitrogens with zero attached hydrogens (tertiary/aromatic N) is 2. The number of benzene rings is 3. The van der Waals surface area contributed by atoms with Crippen LogP contribution in [-0.4, -0.2) is 41.1 Å². The highest BCUT2D eigenvalue weighted by molar-refractivity contribution is 7.80. The minimum absolute atomic E-state index is 0.0474. The number of carbonyl (C=O) groups is 2. The quantitative estimate of drug-likeness (QED) is 0.372. The van der Waals surface area contributed by atoms with Crippen LogP contribution in [-0.2, 0) is 16.1 Å². The maximum atomic E-state index is 14.5. The Morgan fingerprint density at radius 2 is 1.54 bits per heavy atom.